The molecule has 0 N–H and O–H groups in total. The van der Waals surface area contributed by atoms with E-state index in [1.807, 2.05) is 4.90 Å². The van der Waals surface area contributed by atoms with Gasteiger partial charge >= 0.3 is 6.18 Å². The van der Waals surface area contributed by atoms with Crippen molar-refractivity contribution in [1.82, 2.24) is 19.5 Å². The van der Waals surface area contributed by atoms with Crippen LogP contribution in [0, 0.1) is 5.92 Å². The maximum Gasteiger partial charge on any atom is 0.420 e. The highest BCUT2D eigenvalue weighted by Crippen LogP contribution is 2.37. The van der Waals surface area contributed by atoms with Crippen LogP contribution in [0.3, 0.4) is 0 Å². The maximum atomic E-state index is 14.1. The number of aromatic nitrogens is 3. The van der Waals surface area contributed by atoms with Gasteiger partial charge < -0.3 is 4.90 Å². The molecule has 1 aliphatic heterocycles. The number of rotatable bonds is 6. The van der Waals surface area contributed by atoms with Crippen LogP contribution in [0.2, 0.25) is 5.02 Å². The molecule has 2 aromatic heterocycles. The van der Waals surface area contributed by atoms with E-state index in [-0.39, 0.29) is 29.9 Å². The van der Waals surface area contributed by atoms with Crippen LogP contribution < -0.4 is 4.90 Å². The fraction of sp³-hybridized carbons (Fsp3) is 0.455. The largest absolute Gasteiger partial charge is 0.420 e. The molecule has 3 heterocycles. The van der Waals surface area contributed by atoms with Crippen molar-refractivity contribution in [3.05, 3.63) is 52.4 Å². The summed E-state index contributed by atoms with van der Waals surface area (Å²) in [5, 5.41) is 8.44. The van der Waals surface area contributed by atoms with Gasteiger partial charge in [-0.25, -0.2) is 0 Å². The van der Waals surface area contributed by atoms with Crippen molar-refractivity contribution in [3.63, 3.8) is 0 Å². The summed E-state index contributed by atoms with van der Waals surface area (Å²) in [5.41, 5.74) is 0.186. The van der Waals surface area contributed by atoms with Gasteiger partial charge in [-0.1, -0.05) is 11.6 Å². The summed E-state index contributed by atoms with van der Waals surface area (Å²) in [6.07, 6.45) is -0.0107. The highest BCUT2D eigenvalue weighted by atomic mass is 35.5. The van der Waals surface area contributed by atoms with Crippen LogP contribution in [0.4, 0.5) is 22.7 Å². The molecule has 11 heteroatoms. The van der Waals surface area contributed by atoms with E-state index >= 15 is 0 Å². The fourth-order valence-corrected chi connectivity index (χ4v) is 5.03. The number of pyridine rings is 1. The van der Waals surface area contributed by atoms with Crippen LogP contribution in [0.25, 0.3) is 5.65 Å². The summed E-state index contributed by atoms with van der Waals surface area (Å²) >= 11 is 6.43. The highest BCUT2D eigenvalue weighted by molar-refractivity contribution is 7.94. The summed E-state index contributed by atoms with van der Waals surface area (Å²) in [6, 6.07) is 6.57. The van der Waals surface area contributed by atoms with Crippen molar-refractivity contribution in [2.45, 2.75) is 36.9 Å². The SMILES string of the molecule is FSc1ccc(N2CCN(Cc3ccn4c(CC5CC5)nnc4c3C(F)(F)F)CC2)c(Cl)c1. The fourth-order valence-electron chi connectivity index (χ4n) is 4.38. The quantitative estimate of drug-likeness (QED) is 0.409. The molecule has 1 aliphatic carbocycles. The molecule has 0 unspecified atom stereocenters. The van der Waals surface area contributed by atoms with Crippen LogP contribution >= 0.6 is 23.7 Å². The molecule has 33 heavy (non-hydrogen) atoms. The number of halogens is 5. The topological polar surface area (TPSA) is 36.7 Å². The average Bonchev–Trinajstić information content (AvgIpc) is 3.52. The zero-order valence-corrected chi connectivity index (χ0v) is 19.2. The second kappa shape index (κ2) is 8.96. The molecule has 2 aliphatic rings. The third kappa shape index (κ3) is 4.79. The molecule has 0 bridgehead atoms. The predicted octanol–water partition coefficient (Wildman–Crippen LogP) is 5.65. The van der Waals surface area contributed by atoms with Gasteiger partial charge in [0.1, 0.15) is 11.4 Å². The lowest BCUT2D eigenvalue weighted by Crippen LogP contribution is -2.46. The molecular formula is C22H22ClF4N5S. The van der Waals surface area contributed by atoms with Crippen molar-refractivity contribution in [2.75, 3.05) is 31.1 Å². The Balaban J connectivity index is 1.33. The van der Waals surface area contributed by atoms with E-state index in [2.05, 4.69) is 15.1 Å². The number of anilines is 1. The number of fused-ring (bicyclic) bond motifs is 1. The van der Waals surface area contributed by atoms with Crippen molar-refractivity contribution in [3.8, 4) is 0 Å². The molecular weight excluding hydrogens is 478 g/mol. The third-order valence-corrected chi connectivity index (χ3v) is 7.04. The molecule has 5 rings (SSSR count). The summed E-state index contributed by atoms with van der Waals surface area (Å²) in [7, 11) is 0. The molecule has 0 atom stereocenters. The summed E-state index contributed by atoms with van der Waals surface area (Å²) in [4.78, 5) is 4.51. The first-order valence-electron chi connectivity index (χ1n) is 10.8. The summed E-state index contributed by atoms with van der Waals surface area (Å²) < 4.78 is 56.4. The van der Waals surface area contributed by atoms with E-state index in [4.69, 9.17) is 11.6 Å². The number of benzene rings is 1. The van der Waals surface area contributed by atoms with Gasteiger partial charge in [0.15, 0.2) is 5.65 Å². The van der Waals surface area contributed by atoms with Gasteiger partial charge in [-0.3, -0.25) is 9.30 Å². The van der Waals surface area contributed by atoms with Crippen LogP contribution in [0.5, 0.6) is 0 Å². The van der Waals surface area contributed by atoms with Gasteiger partial charge in [-0.2, -0.15) is 17.1 Å². The van der Waals surface area contributed by atoms with Crippen molar-refractivity contribution >= 4 is 35.1 Å². The number of hydrogen-bond acceptors (Lipinski definition) is 5. The Labute approximate surface area is 198 Å². The first kappa shape index (κ1) is 22.7. The van der Waals surface area contributed by atoms with Gasteiger partial charge in [0, 0.05) is 50.2 Å². The Morgan fingerprint density at radius 2 is 1.82 bits per heavy atom. The molecule has 0 amide bonds. The molecule has 0 radical (unpaired) electrons. The molecule has 1 aromatic carbocycles. The average molecular weight is 500 g/mol. The highest BCUT2D eigenvalue weighted by Gasteiger charge is 2.38. The van der Waals surface area contributed by atoms with Crippen molar-refractivity contribution in [1.29, 1.82) is 0 Å². The van der Waals surface area contributed by atoms with E-state index in [1.165, 1.54) is 4.40 Å². The number of nitrogens with zero attached hydrogens (tertiary/aromatic N) is 5. The van der Waals surface area contributed by atoms with E-state index in [0.717, 1.165) is 18.5 Å². The van der Waals surface area contributed by atoms with Crippen LogP contribution in [-0.2, 0) is 19.1 Å². The van der Waals surface area contributed by atoms with Gasteiger partial charge in [0.2, 0.25) is 0 Å². The normalized spacial score (nSPS) is 17.8. The van der Waals surface area contributed by atoms with Crippen molar-refractivity contribution < 1.29 is 17.1 Å². The molecule has 1 saturated heterocycles. The first-order valence-corrected chi connectivity index (χ1v) is 11.9. The first-order chi connectivity index (χ1) is 15.8. The minimum atomic E-state index is -4.52. The van der Waals surface area contributed by atoms with Gasteiger partial charge in [-0.15, -0.1) is 10.2 Å². The Morgan fingerprint density at radius 3 is 2.45 bits per heavy atom. The zero-order valence-electron chi connectivity index (χ0n) is 17.7. The molecule has 176 valence electrons. The van der Waals surface area contributed by atoms with Crippen LogP contribution in [0.1, 0.15) is 29.8 Å². The Bertz CT molecular complexity index is 1160. The van der Waals surface area contributed by atoms with Crippen molar-refractivity contribution in [2.24, 2.45) is 5.92 Å². The second-order valence-electron chi connectivity index (χ2n) is 8.62. The second-order valence-corrected chi connectivity index (χ2v) is 9.66. The van der Waals surface area contributed by atoms with Crippen LogP contribution in [0.15, 0.2) is 35.4 Å². The zero-order chi connectivity index (χ0) is 23.2. The Morgan fingerprint density at radius 1 is 1.06 bits per heavy atom. The summed E-state index contributed by atoms with van der Waals surface area (Å²) in [6.45, 7) is 2.56. The maximum absolute atomic E-state index is 14.1. The standard InChI is InChI=1S/C22H22ClF4N5S/c23-17-12-16(33-27)3-4-18(17)31-9-7-30(8-10-31)13-15-5-6-32-19(11-14-1-2-14)28-29-21(32)20(15)22(24,25)26/h3-6,12,14H,1-2,7-11,13H2. The lowest BCUT2D eigenvalue weighted by Gasteiger charge is -2.36. The number of piperazine rings is 1. The Hall–Kier alpha value is -2.04. The minimum Gasteiger partial charge on any atom is -0.368 e. The predicted molar refractivity (Wildman–Crippen MR) is 120 cm³/mol. The molecule has 5 nitrogen and oxygen atoms in total. The molecule has 1 saturated carbocycles. The smallest absolute Gasteiger partial charge is 0.368 e. The molecule has 0 spiro atoms. The van der Waals surface area contributed by atoms with E-state index < -0.39 is 11.7 Å². The van der Waals surface area contributed by atoms with Gasteiger partial charge in [0.25, 0.3) is 0 Å². The van der Waals surface area contributed by atoms with E-state index in [1.54, 1.807) is 30.5 Å². The number of alkyl halides is 3. The minimum absolute atomic E-state index is 0.119. The lowest BCUT2D eigenvalue weighted by atomic mass is 10.1. The number of hydrogen-bond donors (Lipinski definition) is 0. The van der Waals surface area contributed by atoms with E-state index in [9.17, 15) is 17.1 Å². The monoisotopic (exact) mass is 499 g/mol. The van der Waals surface area contributed by atoms with Gasteiger partial charge in [-0.05, 0) is 48.6 Å². The third-order valence-electron chi connectivity index (χ3n) is 6.30. The van der Waals surface area contributed by atoms with Gasteiger partial charge in [0.05, 0.1) is 22.9 Å². The Kier molecular flexibility index (Phi) is 6.17. The molecule has 3 aromatic rings. The van der Waals surface area contributed by atoms with Crippen LogP contribution in [-0.4, -0.2) is 45.7 Å². The molecule has 2 fully saturated rings. The van der Waals surface area contributed by atoms with E-state index in [0.29, 0.717) is 54.3 Å². The lowest BCUT2D eigenvalue weighted by molar-refractivity contribution is -0.137. The summed E-state index contributed by atoms with van der Waals surface area (Å²) in [5.74, 6) is 1.09.